The van der Waals surface area contributed by atoms with Gasteiger partial charge >= 0.3 is 5.97 Å². The van der Waals surface area contributed by atoms with Crippen molar-refractivity contribution in [3.8, 4) is 0 Å². The van der Waals surface area contributed by atoms with Gasteiger partial charge in [-0.1, -0.05) is 19.1 Å². The van der Waals surface area contributed by atoms with E-state index in [1.165, 1.54) is 6.92 Å². The monoisotopic (exact) mass is 212 g/mol. The van der Waals surface area contributed by atoms with E-state index in [1.54, 1.807) is 0 Å². The average molecular weight is 212 g/mol. The second kappa shape index (κ2) is 4.35. The molecule has 3 unspecified atom stereocenters. The van der Waals surface area contributed by atoms with Crippen LogP contribution in [0.1, 0.15) is 40.0 Å². The van der Waals surface area contributed by atoms with E-state index < -0.39 is 11.8 Å². The number of allylic oxidation sites excluding steroid dienone is 1. The Morgan fingerprint density at radius 3 is 2.53 bits per heavy atom. The van der Waals surface area contributed by atoms with Crippen LogP contribution in [0.2, 0.25) is 0 Å². The topological polar surface area (TPSA) is 46.5 Å². The third-order valence-electron chi connectivity index (χ3n) is 3.27. The molecule has 0 radical (unpaired) electrons. The number of esters is 1. The maximum Gasteiger partial charge on any atom is 0.305 e. The molecule has 1 saturated carbocycles. The van der Waals surface area contributed by atoms with E-state index in [1.807, 2.05) is 13.8 Å². The molecule has 0 spiro atoms. The minimum Gasteiger partial charge on any atom is -0.433 e. The number of hydrogen-bond acceptors (Lipinski definition) is 3. The number of carbonyl (C=O) groups is 1. The van der Waals surface area contributed by atoms with Crippen LogP contribution >= 0.6 is 0 Å². The molecule has 1 fully saturated rings. The average Bonchev–Trinajstić information content (AvgIpc) is 2.08. The van der Waals surface area contributed by atoms with Gasteiger partial charge in [-0.05, 0) is 25.7 Å². The lowest BCUT2D eigenvalue weighted by molar-refractivity contribution is -0.243. The highest BCUT2D eigenvalue weighted by Crippen LogP contribution is 2.40. The second-order valence-electron chi connectivity index (χ2n) is 4.66. The summed E-state index contributed by atoms with van der Waals surface area (Å²) in [6.07, 6.45) is 2.35. The molecule has 1 aliphatic carbocycles. The fourth-order valence-corrected chi connectivity index (χ4v) is 2.14. The number of ether oxygens (including phenoxy) is 1. The predicted molar refractivity (Wildman–Crippen MR) is 58.0 cm³/mol. The Morgan fingerprint density at radius 2 is 2.07 bits per heavy atom. The van der Waals surface area contributed by atoms with Crippen molar-refractivity contribution in [2.45, 2.75) is 45.8 Å². The summed E-state index contributed by atoms with van der Waals surface area (Å²) in [4.78, 5) is 10.9. The van der Waals surface area contributed by atoms with Gasteiger partial charge in [0, 0.05) is 19.3 Å². The highest BCUT2D eigenvalue weighted by molar-refractivity contribution is 5.66. The first kappa shape index (κ1) is 12.2. The number of rotatable bonds is 2. The van der Waals surface area contributed by atoms with Crippen molar-refractivity contribution in [3.05, 3.63) is 12.2 Å². The zero-order chi connectivity index (χ0) is 11.6. The lowest BCUT2D eigenvalue weighted by Crippen LogP contribution is -2.45. The van der Waals surface area contributed by atoms with Crippen LogP contribution in [0.5, 0.6) is 0 Å². The Morgan fingerprint density at radius 1 is 1.47 bits per heavy atom. The van der Waals surface area contributed by atoms with E-state index in [2.05, 4.69) is 6.58 Å². The molecular weight excluding hydrogens is 192 g/mol. The van der Waals surface area contributed by atoms with Crippen molar-refractivity contribution >= 4 is 5.97 Å². The maximum atomic E-state index is 10.9. The maximum absolute atomic E-state index is 10.9. The van der Waals surface area contributed by atoms with Crippen LogP contribution < -0.4 is 0 Å². The smallest absolute Gasteiger partial charge is 0.305 e. The third kappa shape index (κ3) is 2.81. The van der Waals surface area contributed by atoms with Gasteiger partial charge < -0.3 is 9.84 Å². The van der Waals surface area contributed by atoms with Crippen molar-refractivity contribution in [2.24, 2.45) is 11.8 Å². The largest absolute Gasteiger partial charge is 0.433 e. The molecule has 1 rings (SSSR count). The molecule has 0 aliphatic heterocycles. The fourth-order valence-electron chi connectivity index (χ4n) is 2.14. The Balaban J connectivity index is 2.75. The van der Waals surface area contributed by atoms with Gasteiger partial charge in [-0.3, -0.25) is 4.79 Å². The summed E-state index contributed by atoms with van der Waals surface area (Å²) in [6.45, 7) is 9.09. The van der Waals surface area contributed by atoms with Crippen LogP contribution in [0.4, 0.5) is 0 Å². The third-order valence-corrected chi connectivity index (χ3v) is 3.27. The van der Waals surface area contributed by atoms with Gasteiger partial charge in [0.2, 0.25) is 5.79 Å². The predicted octanol–water partition coefficient (Wildman–Crippen LogP) is 2.25. The molecule has 1 N–H and O–H groups in total. The molecular formula is C12H20O3. The van der Waals surface area contributed by atoms with E-state index >= 15 is 0 Å². The summed E-state index contributed by atoms with van der Waals surface area (Å²) >= 11 is 0. The van der Waals surface area contributed by atoms with Crippen molar-refractivity contribution in [3.63, 3.8) is 0 Å². The van der Waals surface area contributed by atoms with Gasteiger partial charge in [-0.15, -0.1) is 0 Å². The van der Waals surface area contributed by atoms with E-state index in [-0.39, 0.29) is 11.8 Å². The van der Waals surface area contributed by atoms with E-state index in [0.29, 0.717) is 6.42 Å². The molecule has 15 heavy (non-hydrogen) atoms. The van der Waals surface area contributed by atoms with Gasteiger partial charge in [0.05, 0.1) is 0 Å². The molecule has 1 aliphatic rings. The molecule has 86 valence electrons. The molecule has 3 atom stereocenters. The van der Waals surface area contributed by atoms with Crippen molar-refractivity contribution in [1.29, 1.82) is 0 Å². The van der Waals surface area contributed by atoms with Crippen LogP contribution in [0.25, 0.3) is 0 Å². The molecule has 3 heteroatoms. The van der Waals surface area contributed by atoms with Gasteiger partial charge in [0.25, 0.3) is 0 Å². The van der Waals surface area contributed by atoms with Crippen LogP contribution in [0.15, 0.2) is 12.2 Å². The minimum atomic E-state index is -1.30. The first-order chi connectivity index (χ1) is 6.85. The standard InChI is InChI=1S/C12H20O3/c1-8(2)11-6-5-9(3)12(14,7-11)15-10(4)13/h9,11,14H,1,5-7H2,2-4H3. The lowest BCUT2D eigenvalue weighted by Gasteiger charge is -2.40. The first-order valence-electron chi connectivity index (χ1n) is 5.42. The molecule has 0 saturated heterocycles. The molecule has 0 aromatic carbocycles. The van der Waals surface area contributed by atoms with Crippen LogP contribution in [-0.4, -0.2) is 16.9 Å². The Kier molecular flexibility index (Phi) is 3.55. The molecule has 3 nitrogen and oxygen atoms in total. The van der Waals surface area contributed by atoms with Gasteiger partial charge in [-0.25, -0.2) is 0 Å². The molecule has 0 aromatic heterocycles. The van der Waals surface area contributed by atoms with E-state index in [0.717, 1.165) is 18.4 Å². The summed E-state index contributed by atoms with van der Waals surface area (Å²) in [5.74, 6) is -1.47. The highest BCUT2D eigenvalue weighted by Gasteiger charge is 2.43. The number of aliphatic hydroxyl groups is 1. The number of hydrogen-bond donors (Lipinski definition) is 1. The highest BCUT2D eigenvalue weighted by atomic mass is 16.7. The van der Waals surface area contributed by atoms with Gasteiger partial charge in [-0.2, -0.15) is 0 Å². The molecule has 0 amide bonds. The minimum absolute atomic E-state index is 0.00278. The van der Waals surface area contributed by atoms with Crippen molar-refractivity contribution in [1.82, 2.24) is 0 Å². The molecule has 0 bridgehead atoms. The van der Waals surface area contributed by atoms with Crippen LogP contribution in [0.3, 0.4) is 0 Å². The lowest BCUT2D eigenvalue weighted by atomic mass is 9.75. The number of carbonyl (C=O) groups excluding carboxylic acids is 1. The Hall–Kier alpha value is -0.830. The normalized spacial score (nSPS) is 36.0. The van der Waals surface area contributed by atoms with E-state index in [4.69, 9.17) is 4.74 Å². The van der Waals surface area contributed by atoms with Crippen molar-refractivity contribution < 1.29 is 14.6 Å². The molecule has 0 heterocycles. The summed E-state index contributed by atoms with van der Waals surface area (Å²) < 4.78 is 5.05. The van der Waals surface area contributed by atoms with Crippen LogP contribution in [-0.2, 0) is 9.53 Å². The summed E-state index contributed by atoms with van der Waals surface area (Å²) in [6, 6.07) is 0. The second-order valence-corrected chi connectivity index (χ2v) is 4.66. The molecule has 0 aromatic rings. The van der Waals surface area contributed by atoms with Gasteiger partial charge in [0.1, 0.15) is 0 Å². The Labute approximate surface area is 91.1 Å². The zero-order valence-corrected chi connectivity index (χ0v) is 9.75. The quantitative estimate of drug-likeness (QED) is 0.434. The SMILES string of the molecule is C=C(C)C1CCC(C)C(O)(OC(C)=O)C1. The van der Waals surface area contributed by atoms with E-state index in [9.17, 15) is 9.90 Å². The summed E-state index contributed by atoms with van der Waals surface area (Å²) in [5, 5.41) is 10.2. The van der Waals surface area contributed by atoms with Crippen LogP contribution in [0, 0.1) is 11.8 Å². The van der Waals surface area contributed by atoms with Crippen molar-refractivity contribution in [2.75, 3.05) is 0 Å². The summed E-state index contributed by atoms with van der Waals surface area (Å²) in [5.41, 5.74) is 1.05. The fraction of sp³-hybridized carbons (Fsp3) is 0.750. The van der Waals surface area contributed by atoms with Gasteiger partial charge in [0.15, 0.2) is 0 Å². The zero-order valence-electron chi connectivity index (χ0n) is 9.75. The first-order valence-corrected chi connectivity index (χ1v) is 5.42. The summed E-state index contributed by atoms with van der Waals surface area (Å²) in [7, 11) is 0. The Bertz CT molecular complexity index is 272.